The molecule has 2 aromatic carbocycles. The number of rotatable bonds is 7. The first-order valence-corrected chi connectivity index (χ1v) is 9.13. The van der Waals surface area contributed by atoms with Crippen LogP contribution in [0.25, 0.3) is 0 Å². The van der Waals surface area contributed by atoms with E-state index in [-0.39, 0.29) is 23.9 Å². The summed E-state index contributed by atoms with van der Waals surface area (Å²) < 4.78 is 0. The van der Waals surface area contributed by atoms with Gasteiger partial charge in [0.2, 0.25) is 5.91 Å². The van der Waals surface area contributed by atoms with Gasteiger partial charge in [0.05, 0.1) is 12.2 Å². The number of imide groups is 1. The quantitative estimate of drug-likeness (QED) is 0.412. The Balaban J connectivity index is 2.51. The first-order chi connectivity index (χ1) is 13.8. The third-order valence-corrected chi connectivity index (χ3v) is 4.29. The Kier molecular flexibility index (Phi) is 7.21. The van der Waals surface area contributed by atoms with Crippen LogP contribution in [0.15, 0.2) is 54.6 Å². The maximum atomic E-state index is 13.4. The molecule has 0 heterocycles. The third-order valence-electron chi connectivity index (χ3n) is 4.29. The Morgan fingerprint density at radius 1 is 1.03 bits per heavy atom. The Bertz CT molecular complexity index is 912. The monoisotopic (exact) mass is 395 g/mol. The number of carbonyl (C=O) groups excluding carboxylic acids is 3. The average Bonchev–Trinajstić information content (AvgIpc) is 2.72. The lowest BCUT2D eigenvalue weighted by molar-refractivity contribution is -0.127. The number of amides is 3. The van der Waals surface area contributed by atoms with Crippen molar-refractivity contribution in [1.29, 1.82) is 5.41 Å². The lowest BCUT2D eigenvalue weighted by atomic mass is 10.0. The maximum Gasteiger partial charge on any atom is 0.265 e. The van der Waals surface area contributed by atoms with Crippen molar-refractivity contribution in [3.05, 3.63) is 65.7 Å². The van der Waals surface area contributed by atoms with Crippen molar-refractivity contribution in [2.75, 3.05) is 11.4 Å². The van der Waals surface area contributed by atoms with E-state index in [0.717, 1.165) is 4.90 Å². The topological polar surface area (TPSA) is 142 Å². The highest BCUT2D eigenvalue weighted by Gasteiger charge is 2.33. The van der Waals surface area contributed by atoms with Gasteiger partial charge in [-0.2, -0.15) is 0 Å². The number of nitrogens with zero attached hydrogens (tertiary/aromatic N) is 1. The van der Waals surface area contributed by atoms with Gasteiger partial charge in [-0.05, 0) is 30.2 Å². The molecule has 8 nitrogen and oxygen atoms in total. The molecule has 2 aromatic rings. The molecule has 0 spiro atoms. The molecule has 1 atom stereocenters. The minimum atomic E-state index is -0.939. The van der Waals surface area contributed by atoms with Gasteiger partial charge in [-0.15, -0.1) is 0 Å². The molecular formula is C21H25N5O3. The second-order valence-corrected chi connectivity index (χ2v) is 6.80. The maximum absolute atomic E-state index is 13.4. The Morgan fingerprint density at radius 3 is 2.21 bits per heavy atom. The van der Waals surface area contributed by atoms with Crippen molar-refractivity contribution in [3.63, 3.8) is 0 Å². The average molecular weight is 395 g/mol. The summed E-state index contributed by atoms with van der Waals surface area (Å²) in [6, 6.07) is 13.7. The summed E-state index contributed by atoms with van der Waals surface area (Å²) in [4.78, 5) is 39.5. The van der Waals surface area contributed by atoms with Crippen molar-refractivity contribution in [3.8, 4) is 0 Å². The molecule has 0 unspecified atom stereocenters. The molecule has 152 valence electrons. The number of carbonyl (C=O) groups is 3. The van der Waals surface area contributed by atoms with Crippen molar-refractivity contribution in [1.82, 2.24) is 5.32 Å². The van der Waals surface area contributed by atoms with Crippen LogP contribution < -0.4 is 21.7 Å². The van der Waals surface area contributed by atoms with Gasteiger partial charge in [-0.1, -0.05) is 44.2 Å². The van der Waals surface area contributed by atoms with Crippen molar-refractivity contribution >= 4 is 29.2 Å². The molecule has 3 amide bonds. The van der Waals surface area contributed by atoms with Gasteiger partial charge >= 0.3 is 0 Å². The summed E-state index contributed by atoms with van der Waals surface area (Å²) in [6.07, 6.45) is 0. The van der Waals surface area contributed by atoms with Crippen LogP contribution in [-0.4, -0.2) is 36.1 Å². The highest BCUT2D eigenvalue weighted by molar-refractivity contribution is 6.23. The van der Waals surface area contributed by atoms with Gasteiger partial charge in [-0.3, -0.25) is 19.8 Å². The first-order valence-electron chi connectivity index (χ1n) is 9.13. The fourth-order valence-electron chi connectivity index (χ4n) is 2.76. The summed E-state index contributed by atoms with van der Waals surface area (Å²) in [5, 5.41) is 10.2. The van der Waals surface area contributed by atoms with Gasteiger partial charge in [0, 0.05) is 11.1 Å². The van der Waals surface area contributed by atoms with E-state index in [9.17, 15) is 14.4 Å². The largest absolute Gasteiger partial charge is 0.384 e. The zero-order valence-corrected chi connectivity index (χ0v) is 16.4. The molecule has 0 saturated heterocycles. The standard InChI is InChI=1S/C21H25N5O3/c1-13(2)18(25-17(27)12-22)21(29)26(16-9-4-3-5-10-16)20(28)15-8-6-7-14(11-15)19(23)24/h3-11,13,18H,12,22H2,1-2H3,(H3,23,24)(H,25,27)/t18-/m1/s1. The van der Waals surface area contributed by atoms with Crippen molar-refractivity contribution in [2.24, 2.45) is 17.4 Å². The van der Waals surface area contributed by atoms with Crippen LogP contribution in [-0.2, 0) is 9.59 Å². The predicted molar refractivity (Wildman–Crippen MR) is 112 cm³/mol. The number of hydrogen-bond acceptors (Lipinski definition) is 5. The molecule has 2 rings (SSSR count). The number of nitrogen functional groups attached to an aromatic ring is 1. The molecule has 0 aliphatic carbocycles. The number of anilines is 1. The molecule has 0 aliphatic rings. The van der Waals surface area contributed by atoms with Crippen LogP contribution in [0, 0.1) is 11.3 Å². The smallest absolute Gasteiger partial charge is 0.265 e. The predicted octanol–water partition coefficient (Wildman–Crippen LogP) is 1.24. The lowest BCUT2D eigenvalue weighted by Crippen LogP contribution is -2.54. The van der Waals surface area contributed by atoms with E-state index in [0.29, 0.717) is 11.3 Å². The van der Waals surface area contributed by atoms with Crippen LogP contribution in [0.1, 0.15) is 29.8 Å². The van der Waals surface area contributed by atoms with E-state index in [2.05, 4.69) is 5.32 Å². The molecule has 6 N–H and O–H groups in total. The number of para-hydroxylation sites is 1. The van der Waals surface area contributed by atoms with Crippen molar-refractivity contribution < 1.29 is 14.4 Å². The van der Waals surface area contributed by atoms with Crippen LogP contribution in [0.4, 0.5) is 5.69 Å². The van der Waals surface area contributed by atoms with Crippen molar-refractivity contribution in [2.45, 2.75) is 19.9 Å². The van der Waals surface area contributed by atoms with E-state index < -0.39 is 23.8 Å². The SMILES string of the molecule is CC(C)[C@@H](NC(=O)CN)C(=O)N(C(=O)c1cccc(C(=N)N)c1)c1ccccc1. The number of nitrogens with two attached hydrogens (primary N) is 2. The summed E-state index contributed by atoms with van der Waals surface area (Å²) in [6.45, 7) is 3.27. The van der Waals surface area contributed by atoms with Crippen LogP contribution >= 0.6 is 0 Å². The molecular weight excluding hydrogens is 370 g/mol. The van der Waals surface area contributed by atoms with Gasteiger partial charge in [-0.25, -0.2) is 4.90 Å². The van der Waals surface area contributed by atoms with Crippen LogP contribution in [0.5, 0.6) is 0 Å². The molecule has 0 aromatic heterocycles. The van der Waals surface area contributed by atoms with Gasteiger partial charge in [0.15, 0.2) is 0 Å². The molecule has 0 aliphatic heterocycles. The second kappa shape index (κ2) is 9.61. The van der Waals surface area contributed by atoms with E-state index in [1.54, 1.807) is 62.4 Å². The summed E-state index contributed by atoms with van der Waals surface area (Å²) in [5.74, 6) is -2.12. The molecule has 0 radical (unpaired) electrons. The normalized spacial score (nSPS) is 11.6. The Hall–Kier alpha value is -3.52. The lowest BCUT2D eigenvalue weighted by Gasteiger charge is -2.28. The highest BCUT2D eigenvalue weighted by atomic mass is 16.2. The zero-order chi connectivity index (χ0) is 21.6. The highest BCUT2D eigenvalue weighted by Crippen LogP contribution is 2.21. The molecule has 29 heavy (non-hydrogen) atoms. The van der Waals surface area contributed by atoms with Gasteiger partial charge < -0.3 is 16.8 Å². The zero-order valence-electron chi connectivity index (χ0n) is 16.4. The summed E-state index contributed by atoms with van der Waals surface area (Å²) >= 11 is 0. The van der Waals surface area contributed by atoms with E-state index in [4.69, 9.17) is 16.9 Å². The van der Waals surface area contributed by atoms with Gasteiger partial charge in [0.1, 0.15) is 11.9 Å². The fourth-order valence-corrected chi connectivity index (χ4v) is 2.76. The molecule has 8 heteroatoms. The van der Waals surface area contributed by atoms with E-state index >= 15 is 0 Å². The Morgan fingerprint density at radius 2 is 1.66 bits per heavy atom. The van der Waals surface area contributed by atoms with Crippen LogP contribution in [0.2, 0.25) is 0 Å². The third kappa shape index (κ3) is 5.26. The minimum absolute atomic E-state index is 0.187. The number of amidine groups is 1. The van der Waals surface area contributed by atoms with Gasteiger partial charge in [0.25, 0.3) is 11.8 Å². The molecule has 0 saturated carbocycles. The minimum Gasteiger partial charge on any atom is -0.384 e. The number of benzene rings is 2. The number of nitrogens with one attached hydrogen (secondary N) is 2. The van der Waals surface area contributed by atoms with E-state index in [1.165, 1.54) is 6.07 Å². The second-order valence-electron chi connectivity index (χ2n) is 6.80. The van der Waals surface area contributed by atoms with E-state index in [1.807, 2.05) is 0 Å². The van der Waals surface area contributed by atoms with Crippen LogP contribution in [0.3, 0.4) is 0 Å². The summed E-state index contributed by atoms with van der Waals surface area (Å²) in [5.41, 5.74) is 11.8. The molecule has 0 bridgehead atoms. The molecule has 0 fully saturated rings. The Labute approximate surface area is 169 Å². The summed E-state index contributed by atoms with van der Waals surface area (Å²) in [7, 11) is 0. The number of hydrogen-bond donors (Lipinski definition) is 4. The fraction of sp³-hybridized carbons (Fsp3) is 0.238. The first kappa shape index (κ1) is 21.8.